The molecule has 1 saturated carbocycles. The molecule has 0 aromatic heterocycles. The van der Waals surface area contributed by atoms with Gasteiger partial charge in [0.15, 0.2) is 0 Å². The van der Waals surface area contributed by atoms with Gasteiger partial charge in [-0.1, -0.05) is 6.92 Å². The Morgan fingerprint density at radius 1 is 1.27 bits per heavy atom. The fourth-order valence-electron chi connectivity index (χ4n) is 1.77. The van der Waals surface area contributed by atoms with Crippen molar-refractivity contribution in [3.63, 3.8) is 0 Å². The van der Waals surface area contributed by atoms with E-state index < -0.39 is 0 Å². The summed E-state index contributed by atoms with van der Waals surface area (Å²) in [4.78, 5) is 0. The molecule has 1 fully saturated rings. The second kappa shape index (κ2) is 4.73. The van der Waals surface area contributed by atoms with Crippen molar-refractivity contribution in [3.05, 3.63) is 0 Å². The molecule has 11 heavy (non-hydrogen) atoms. The SMILES string of the molecule is CCNC1CCCC(O)CC1. The van der Waals surface area contributed by atoms with E-state index in [0.29, 0.717) is 6.04 Å². The Labute approximate surface area is 69.0 Å². The van der Waals surface area contributed by atoms with Gasteiger partial charge in [-0.05, 0) is 38.6 Å². The van der Waals surface area contributed by atoms with Crippen LogP contribution in [0.2, 0.25) is 0 Å². The van der Waals surface area contributed by atoms with Crippen LogP contribution in [0.4, 0.5) is 0 Å². The van der Waals surface area contributed by atoms with Crippen molar-refractivity contribution in [2.75, 3.05) is 6.54 Å². The van der Waals surface area contributed by atoms with Crippen molar-refractivity contribution >= 4 is 0 Å². The highest BCUT2D eigenvalue weighted by atomic mass is 16.3. The summed E-state index contributed by atoms with van der Waals surface area (Å²) in [6.07, 6.45) is 5.52. The Kier molecular flexibility index (Phi) is 3.87. The predicted octanol–water partition coefficient (Wildman–Crippen LogP) is 1.29. The van der Waals surface area contributed by atoms with E-state index in [1.165, 1.54) is 12.8 Å². The summed E-state index contributed by atoms with van der Waals surface area (Å²) in [5.41, 5.74) is 0. The minimum atomic E-state index is -0.0290. The molecule has 0 radical (unpaired) electrons. The summed E-state index contributed by atoms with van der Waals surface area (Å²) in [5.74, 6) is 0. The summed E-state index contributed by atoms with van der Waals surface area (Å²) in [7, 11) is 0. The average molecular weight is 157 g/mol. The largest absolute Gasteiger partial charge is 0.393 e. The van der Waals surface area contributed by atoms with Gasteiger partial charge >= 0.3 is 0 Å². The summed E-state index contributed by atoms with van der Waals surface area (Å²) >= 11 is 0. The number of hydrogen-bond donors (Lipinski definition) is 2. The second-order valence-corrected chi connectivity index (χ2v) is 3.42. The third-order valence-corrected chi connectivity index (χ3v) is 2.43. The minimum absolute atomic E-state index is 0.0290. The van der Waals surface area contributed by atoms with Crippen LogP contribution in [0.5, 0.6) is 0 Å². The van der Waals surface area contributed by atoms with Gasteiger partial charge in [0, 0.05) is 6.04 Å². The lowest BCUT2D eigenvalue weighted by molar-refractivity contribution is 0.156. The van der Waals surface area contributed by atoms with Crippen LogP contribution in [0.25, 0.3) is 0 Å². The number of aliphatic hydroxyl groups is 1. The third-order valence-electron chi connectivity index (χ3n) is 2.43. The molecule has 2 atom stereocenters. The topological polar surface area (TPSA) is 32.3 Å². The van der Waals surface area contributed by atoms with Gasteiger partial charge < -0.3 is 10.4 Å². The van der Waals surface area contributed by atoms with E-state index in [0.717, 1.165) is 25.8 Å². The molecule has 1 rings (SSSR count). The maximum Gasteiger partial charge on any atom is 0.0540 e. The molecule has 2 unspecified atom stereocenters. The predicted molar refractivity (Wildman–Crippen MR) is 46.6 cm³/mol. The molecule has 1 aliphatic carbocycles. The van der Waals surface area contributed by atoms with Crippen LogP contribution >= 0.6 is 0 Å². The van der Waals surface area contributed by atoms with Gasteiger partial charge in [-0.2, -0.15) is 0 Å². The van der Waals surface area contributed by atoms with E-state index in [9.17, 15) is 5.11 Å². The van der Waals surface area contributed by atoms with Crippen LogP contribution < -0.4 is 5.32 Å². The van der Waals surface area contributed by atoms with Crippen molar-refractivity contribution in [2.24, 2.45) is 0 Å². The second-order valence-electron chi connectivity index (χ2n) is 3.42. The smallest absolute Gasteiger partial charge is 0.0540 e. The maximum absolute atomic E-state index is 9.35. The van der Waals surface area contributed by atoms with Gasteiger partial charge in [0.25, 0.3) is 0 Å². The van der Waals surface area contributed by atoms with Gasteiger partial charge in [-0.15, -0.1) is 0 Å². The molecular weight excluding hydrogens is 138 g/mol. The fourth-order valence-corrected chi connectivity index (χ4v) is 1.77. The minimum Gasteiger partial charge on any atom is -0.393 e. The van der Waals surface area contributed by atoms with E-state index in [4.69, 9.17) is 0 Å². The fraction of sp³-hybridized carbons (Fsp3) is 1.00. The monoisotopic (exact) mass is 157 g/mol. The van der Waals surface area contributed by atoms with E-state index in [1.807, 2.05) is 0 Å². The number of rotatable bonds is 2. The van der Waals surface area contributed by atoms with Crippen molar-refractivity contribution in [3.8, 4) is 0 Å². The molecule has 0 saturated heterocycles. The van der Waals surface area contributed by atoms with Crippen molar-refractivity contribution < 1.29 is 5.11 Å². The van der Waals surface area contributed by atoms with Gasteiger partial charge in [0.05, 0.1) is 6.10 Å². The molecule has 0 aromatic carbocycles. The average Bonchev–Trinajstić information content (AvgIpc) is 2.17. The summed E-state index contributed by atoms with van der Waals surface area (Å²) in [5, 5.41) is 12.8. The maximum atomic E-state index is 9.35. The summed E-state index contributed by atoms with van der Waals surface area (Å²) < 4.78 is 0. The van der Waals surface area contributed by atoms with Crippen LogP contribution in [0.15, 0.2) is 0 Å². The zero-order valence-corrected chi connectivity index (χ0v) is 7.34. The first-order valence-corrected chi connectivity index (χ1v) is 4.74. The summed E-state index contributed by atoms with van der Waals surface area (Å²) in [6, 6.07) is 0.664. The molecule has 66 valence electrons. The van der Waals surface area contributed by atoms with Crippen LogP contribution in [0, 0.1) is 0 Å². The third kappa shape index (κ3) is 3.21. The van der Waals surface area contributed by atoms with E-state index in [1.54, 1.807) is 0 Å². The van der Waals surface area contributed by atoms with Crippen molar-refractivity contribution in [1.82, 2.24) is 5.32 Å². The Bertz CT molecular complexity index is 106. The number of aliphatic hydroxyl groups excluding tert-OH is 1. The van der Waals surface area contributed by atoms with E-state index >= 15 is 0 Å². The van der Waals surface area contributed by atoms with Crippen LogP contribution in [0.3, 0.4) is 0 Å². The lowest BCUT2D eigenvalue weighted by Gasteiger charge is -2.13. The van der Waals surface area contributed by atoms with Gasteiger partial charge in [-0.3, -0.25) is 0 Å². The number of hydrogen-bond acceptors (Lipinski definition) is 2. The highest BCUT2D eigenvalue weighted by Gasteiger charge is 2.15. The number of nitrogens with one attached hydrogen (secondary N) is 1. The van der Waals surface area contributed by atoms with Crippen LogP contribution in [-0.2, 0) is 0 Å². The lowest BCUT2D eigenvalue weighted by atomic mass is 10.1. The molecule has 0 bridgehead atoms. The van der Waals surface area contributed by atoms with E-state index in [2.05, 4.69) is 12.2 Å². The quantitative estimate of drug-likeness (QED) is 0.592. The first-order chi connectivity index (χ1) is 5.33. The molecule has 2 heteroatoms. The van der Waals surface area contributed by atoms with Gasteiger partial charge in [0.2, 0.25) is 0 Å². The van der Waals surface area contributed by atoms with Crippen molar-refractivity contribution in [2.45, 2.75) is 51.2 Å². The zero-order chi connectivity index (χ0) is 8.10. The Balaban J connectivity index is 2.22. The Morgan fingerprint density at radius 3 is 2.82 bits per heavy atom. The molecule has 0 heterocycles. The molecule has 2 nitrogen and oxygen atoms in total. The van der Waals surface area contributed by atoms with Crippen LogP contribution in [0.1, 0.15) is 39.0 Å². The van der Waals surface area contributed by atoms with Crippen LogP contribution in [-0.4, -0.2) is 23.8 Å². The molecule has 0 amide bonds. The summed E-state index contributed by atoms with van der Waals surface area (Å²) in [6.45, 7) is 3.20. The Hall–Kier alpha value is -0.0800. The molecule has 1 aliphatic rings. The Morgan fingerprint density at radius 2 is 2.09 bits per heavy atom. The first kappa shape index (κ1) is 9.01. The highest BCUT2D eigenvalue weighted by molar-refractivity contribution is 4.73. The zero-order valence-electron chi connectivity index (χ0n) is 7.34. The first-order valence-electron chi connectivity index (χ1n) is 4.74. The van der Waals surface area contributed by atoms with Gasteiger partial charge in [-0.25, -0.2) is 0 Å². The highest BCUT2D eigenvalue weighted by Crippen LogP contribution is 2.17. The standard InChI is InChI=1S/C9H19NO/c1-2-10-8-4-3-5-9(11)7-6-8/h8-11H,2-7H2,1H3. The molecule has 2 N–H and O–H groups in total. The van der Waals surface area contributed by atoms with E-state index in [-0.39, 0.29) is 6.10 Å². The van der Waals surface area contributed by atoms with Crippen molar-refractivity contribution in [1.29, 1.82) is 0 Å². The van der Waals surface area contributed by atoms with Gasteiger partial charge in [0.1, 0.15) is 0 Å². The normalized spacial score (nSPS) is 33.3. The molecule has 0 aliphatic heterocycles. The molecular formula is C9H19NO. The molecule has 0 aromatic rings. The molecule has 0 spiro atoms. The lowest BCUT2D eigenvalue weighted by Crippen LogP contribution is -2.28.